The summed E-state index contributed by atoms with van der Waals surface area (Å²) in [7, 11) is 0. The quantitative estimate of drug-likeness (QED) is 0.402. The predicted molar refractivity (Wildman–Crippen MR) is 129 cm³/mol. The molecule has 2 N–H and O–H groups in total. The number of amides is 1. The van der Waals surface area contributed by atoms with E-state index in [-0.39, 0.29) is 34.1 Å². The highest BCUT2D eigenvalue weighted by Gasteiger charge is 2.32. The van der Waals surface area contributed by atoms with E-state index in [1.807, 2.05) is 0 Å². The first kappa shape index (κ1) is 23.0. The highest BCUT2D eigenvalue weighted by atomic mass is 19.1. The van der Waals surface area contributed by atoms with Gasteiger partial charge in [-0.15, -0.1) is 0 Å². The smallest absolute Gasteiger partial charge is 0.262 e. The molecule has 1 saturated carbocycles. The topological polar surface area (TPSA) is 79.8 Å². The summed E-state index contributed by atoms with van der Waals surface area (Å²) < 4.78 is 30.4. The lowest BCUT2D eigenvalue weighted by Crippen LogP contribution is -2.38. The fraction of sp³-hybridized carbons (Fsp3) is 0.296. The molecule has 1 amide bonds. The van der Waals surface area contributed by atoms with E-state index in [0.29, 0.717) is 17.0 Å². The summed E-state index contributed by atoms with van der Waals surface area (Å²) in [6, 6.07) is 11.4. The summed E-state index contributed by atoms with van der Waals surface area (Å²) in [5.41, 5.74) is 1.47. The zero-order chi connectivity index (χ0) is 24.7. The monoisotopic (exact) mass is 476 g/mol. The van der Waals surface area contributed by atoms with E-state index in [1.54, 1.807) is 44.3 Å². The van der Waals surface area contributed by atoms with Crippen molar-refractivity contribution in [3.8, 4) is 0 Å². The van der Waals surface area contributed by atoms with Crippen LogP contribution >= 0.6 is 0 Å². The van der Waals surface area contributed by atoms with Gasteiger partial charge in [0.15, 0.2) is 0 Å². The Morgan fingerprint density at radius 3 is 2.60 bits per heavy atom. The molecule has 8 heteroatoms. The Morgan fingerprint density at radius 2 is 1.94 bits per heavy atom. The molecule has 0 saturated heterocycles. The van der Waals surface area contributed by atoms with Crippen molar-refractivity contribution in [2.45, 2.75) is 45.2 Å². The third-order valence-electron chi connectivity index (χ3n) is 7.14. The SMILES string of the molecule is Cc1c(C(=O)NC(c2cccc(F)c2)C2CCC2)c2cccc(F)c2c(=O)n1[C@@H](C)c1ccn[nH]1. The molecular formula is C27H26F2N4O2. The number of nitrogens with one attached hydrogen (secondary N) is 2. The standard InChI is InChI=1S/C27H26F2N4O2/c1-15(22-12-13-30-32-22)33-16(2)23(20-10-5-11-21(29)24(20)27(33)35)26(34)31-25(17-6-3-7-17)18-8-4-9-19(28)14-18/h4-5,8-15,17,25H,3,6-7H2,1-2H3,(H,30,32)(H,31,34)/t15-,25?/m0/s1. The van der Waals surface area contributed by atoms with Gasteiger partial charge in [0.05, 0.1) is 28.7 Å². The molecule has 1 fully saturated rings. The van der Waals surface area contributed by atoms with Crippen LogP contribution < -0.4 is 10.9 Å². The number of carbonyl (C=O) groups excluding carboxylic acids is 1. The van der Waals surface area contributed by atoms with Gasteiger partial charge in [-0.25, -0.2) is 8.78 Å². The summed E-state index contributed by atoms with van der Waals surface area (Å²) in [5.74, 6) is -1.30. The minimum absolute atomic E-state index is 0.138. The molecule has 0 radical (unpaired) electrons. The van der Waals surface area contributed by atoms with Crippen molar-refractivity contribution < 1.29 is 13.6 Å². The molecule has 2 heterocycles. The Labute approximate surface area is 201 Å². The second kappa shape index (κ2) is 9.09. The van der Waals surface area contributed by atoms with Gasteiger partial charge in [-0.3, -0.25) is 14.7 Å². The van der Waals surface area contributed by atoms with Gasteiger partial charge in [0.1, 0.15) is 11.6 Å². The molecule has 1 aliphatic rings. The van der Waals surface area contributed by atoms with Crippen LogP contribution in [0.15, 0.2) is 59.5 Å². The van der Waals surface area contributed by atoms with Gasteiger partial charge >= 0.3 is 0 Å². The Hall–Kier alpha value is -3.81. The third-order valence-corrected chi connectivity index (χ3v) is 7.14. The zero-order valence-electron chi connectivity index (χ0n) is 19.5. The molecule has 6 nitrogen and oxygen atoms in total. The fourth-order valence-electron chi connectivity index (χ4n) is 5.09. The first-order chi connectivity index (χ1) is 16.9. The van der Waals surface area contributed by atoms with Gasteiger partial charge < -0.3 is 9.88 Å². The first-order valence-electron chi connectivity index (χ1n) is 11.8. The van der Waals surface area contributed by atoms with E-state index < -0.39 is 23.3 Å². The second-order valence-corrected chi connectivity index (χ2v) is 9.18. The first-order valence-corrected chi connectivity index (χ1v) is 11.8. The normalized spacial score (nSPS) is 15.5. The van der Waals surface area contributed by atoms with Crippen molar-refractivity contribution >= 4 is 16.7 Å². The molecule has 0 bridgehead atoms. The summed E-state index contributed by atoms with van der Waals surface area (Å²) in [5, 5.41) is 10.0. The highest BCUT2D eigenvalue weighted by Crippen LogP contribution is 2.38. The van der Waals surface area contributed by atoms with Crippen molar-refractivity contribution in [1.82, 2.24) is 20.1 Å². The van der Waals surface area contributed by atoms with Crippen LogP contribution in [-0.4, -0.2) is 20.7 Å². The van der Waals surface area contributed by atoms with E-state index in [4.69, 9.17) is 0 Å². The lowest BCUT2D eigenvalue weighted by Gasteiger charge is -2.35. The third kappa shape index (κ3) is 4.03. The fourth-order valence-corrected chi connectivity index (χ4v) is 5.09. The molecular weight excluding hydrogens is 450 g/mol. The molecule has 1 aliphatic carbocycles. The number of rotatable bonds is 6. The molecule has 2 aromatic carbocycles. The van der Waals surface area contributed by atoms with Crippen LogP contribution in [0, 0.1) is 24.5 Å². The van der Waals surface area contributed by atoms with Gasteiger partial charge in [0, 0.05) is 17.3 Å². The van der Waals surface area contributed by atoms with Crippen LogP contribution in [0.4, 0.5) is 8.78 Å². The van der Waals surface area contributed by atoms with Gasteiger partial charge in [-0.1, -0.05) is 30.7 Å². The summed E-state index contributed by atoms with van der Waals surface area (Å²) in [6.45, 7) is 3.48. The number of nitrogens with zero attached hydrogens (tertiary/aromatic N) is 2. The maximum atomic E-state index is 15.0. The van der Waals surface area contributed by atoms with Gasteiger partial charge in [-0.2, -0.15) is 5.10 Å². The molecule has 4 aromatic rings. The molecule has 180 valence electrons. The molecule has 1 unspecified atom stereocenters. The van der Waals surface area contributed by atoms with Crippen molar-refractivity contribution in [1.29, 1.82) is 0 Å². The zero-order valence-corrected chi connectivity index (χ0v) is 19.5. The van der Waals surface area contributed by atoms with Crippen LogP contribution in [0.2, 0.25) is 0 Å². The molecule has 5 rings (SSSR count). The van der Waals surface area contributed by atoms with Gasteiger partial charge in [-0.05, 0) is 62.4 Å². The molecule has 2 atom stereocenters. The van der Waals surface area contributed by atoms with E-state index in [0.717, 1.165) is 19.3 Å². The van der Waals surface area contributed by atoms with E-state index in [2.05, 4.69) is 15.5 Å². The van der Waals surface area contributed by atoms with E-state index >= 15 is 0 Å². The Balaban J connectivity index is 1.65. The Kier molecular flexibility index (Phi) is 5.96. The van der Waals surface area contributed by atoms with Gasteiger partial charge in [0.2, 0.25) is 0 Å². The molecule has 0 spiro atoms. The number of benzene rings is 2. The summed E-state index contributed by atoms with van der Waals surface area (Å²) >= 11 is 0. The van der Waals surface area contributed by atoms with E-state index in [1.165, 1.54) is 28.8 Å². The average molecular weight is 477 g/mol. The number of aromatic amines is 1. The molecule has 0 aliphatic heterocycles. The highest BCUT2D eigenvalue weighted by molar-refractivity contribution is 6.08. The lowest BCUT2D eigenvalue weighted by atomic mass is 9.77. The minimum Gasteiger partial charge on any atom is -0.345 e. The number of hydrogen-bond donors (Lipinski definition) is 2. The number of hydrogen-bond acceptors (Lipinski definition) is 3. The number of carbonyl (C=O) groups is 1. The van der Waals surface area contributed by atoms with Crippen LogP contribution in [-0.2, 0) is 0 Å². The van der Waals surface area contributed by atoms with Crippen LogP contribution in [0.1, 0.15) is 65.6 Å². The van der Waals surface area contributed by atoms with Crippen molar-refractivity contribution in [3.05, 3.63) is 99.2 Å². The Morgan fingerprint density at radius 1 is 1.17 bits per heavy atom. The number of fused-ring (bicyclic) bond motifs is 1. The van der Waals surface area contributed by atoms with E-state index in [9.17, 15) is 18.4 Å². The number of pyridine rings is 1. The van der Waals surface area contributed by atoms with Crippen molar-refractivity contribution in [2.75, 3.05) is 0 Å². The Bertz CT molecular complexity index is 1460. The minimum atomic E-state index is -0.687. The maximum absolute atomic E-state index is 15.0. The molecule has 35 heavy (non-hydrogen) atoms. The average Bonchev–Trinajstić information content (AvgIpc) is 3.32. The van der Waals surface area contributed by atoms with Crippen LogP contribution in [0.3, 0.4) is 0 Å². The van der Waals surface area contributed by atoms with Crippen molar-refractivity contribution in [3.63, 3.8) is 0 Å². The largest absolute Gasteiger partial charge is 0.345 e. The summed E-state index contributed by atoms with van der Waals surface area (Å²) in [6.07, 6.45) is 4.47. The summed E-state index contributed by atoms with van der Waals surface area (Å²) in [4.78, 5) is 27.3. The van der Waals surface area contributed by atoms with Crippen LogP contribution in [0.5, 0.6) is 0 Å². The predicted octanol–water partition coefficient (Wildman–Crippen LogP) is 5.19. The second-order valence-electron chi connectivity index (χ2n) is 9.18. The van der Waals surface area contributed by atoms with Crippen molar-refractivity contribution in [2.24, 2.45) is 5.92 Å². The van der Waals surface area contributed by atoms with Gasteiger partial charge in [0.25, 0.3) is 11.5 Å². The molecule has 2 aromatic heterocycles. The number of aromatic nitrogens is 3. The van der Waals surface area contributed by atoms with Crippen LogP contribution in [0.25, 0.3) is 10.8 Å². The lowest BCUT2D eigenvalue weighted by molar-refractivity contribution is 0.0900. The maximum Gasteiger partial charge on any atom is 0.262 e. The number of halogens is 2. The number of H-pyrrole nitrogens is 1.